The van der Waals surface area contributed by atoms with E-state index in [0.717, 1.165) is 46.9 Å². The quantitative estimate of drug-likeness (QED) is 0.495. The second kappa shape index (κ2) is 10.4. The van der Waals surface area contributed by atoms with Crippen LogP contribution in [-0.2, 0) is 0 Å². The molecule has 7 heteroatoms. The Morgan fingerprint density at radius 3 is 2.53 bits per heavy atom. The van der Waals surface area contributed by atoms with Crippen LogP contribution in [0, 0.1) is 33.6 Å². The highest BCUT2D eigenvalue weighted by molar-refractivity contribution is 7.17. The van der Waals surface area contributed by atoms with Crippen LogP contribution in [0.25, 0.3) is 10.6 Å². The Kier molecular flexibility index (Phi) is 7.32. The number of benzene rings is 2. The van der Waals surface area contributed by atoms with Crippen molar-refractivity contribution in [3.05, 3.63) is 69.7 Å². The van der Waals surface area contributed by atoms with Gasteiger partial charge in [0.05, 0.1) is 5.69 Å². The first kappa shape index (κ1) is 24.0. The molecule has 3 amide bonds. The second-order valence-electron chi connectivity index (χ2n) is 9.21. The zero-order chi connectivity index (χ0) is 24.2. The van der Waals surface area contributed by atoms with Gasteiger partial charge in [-0.15, -0.1) is 11.3 Å². The van der Waals surface area contributed by atoms with Crippen LogP contribution in [0.5, 0.6) is 0 Å². The van der Waals surface area contributed by atoms with E-state index in [2.05, 4.69) is 42.7 Å². The average molecular weight is 477 g/mol. The number of amides is 3. The highest BCUT2D eigenvalue weighted by Crippen LogP contribution is 2.32. The van der Waals surface area contributed by atoms with Crippen LogP contribution in [0.3, 0.4) is 0 Å². The molecule has 1 unspecified atom stereocenters. The maximum atomic E-state index is 13.4. The summed E-state index contributed by atoms with van der Waals surface area (Å²) in [5.41, 5.74) is 6.16. The molecule has 1 aliphatic heterocycles. The molecule has 1 saturated heterocycles. The van der Waals surface area contributed by atoms with E-state index in [1.165, 1.54) is 22.5 Å². The molecule has 2 heterocycles. The highest BCUT2D eigenvalue weighted by atomic mass is 32.1. The predicted molar refractivity (Wildman–Crippen MR) is 139 cm³/mol. The number of carbonyl (C=O) groups is 2. The summed E-state index contributed by atoms with van der Waals surface area (Å²) < 4.78 is 0. The van der Waals surface area contributed by atoms with Crippen LogP contribution in [0.15, 0.2) is 42.5 Å². The van der Waals surface area contributed by atoms with Gasteiger partial charge in [0.15, 0.2) is 0 Å². The Morgan fingerprint density at radius 2 is 1.79 bits per heavy atom. The van der Waals surface area contributed by atoms with Crippen molar-refractivity contribution in [2.75, 3.05) is 25.0 Å². The largest absolute Gasteiger partial charge is 0.338 e. The van der Waals surface area contributed by atoms with E-state index in [1.807, 2.05) is 43.0 Å². The van der Waals surface area contributed by atoms with E-state index < -0.39 is 0 Å². The Labute approximate surface area is 205 Å². The molecule has 2 N–H and O–H groups in total. The lowest BCUT2D eigenvalue weighted by molar-refractivity contribution is 0.0679. The molecule has 4 rings (SSSR count). The molecule has 3 aromatic rings. The first-order valence-corrected chi connectivity index (χ1v) is 12.6. The Morgan fingerprint density at radius 1 is 1.06 bits per heavy atom. The molecule has 1 fully saturated rings. The number of hydrogen-bond acceptors (Lipinski definition) is 4. The van der Waals surface area contributed by atoms with E-state index in [1.54, 1.807) is 0 Å². The van der Waals surface area contributed by atoms with Gasteiger partial charge < -0.3 is 15.5 Å². The molecule has 0 spiro atoms. The third kappa shape index (κ3) is 5.65. The monoisotopic (exact) mass is 476 g/mol. The number of thiazole rings is 1. The zero-order valence-corrected chi connectivity index (χ0v) is 21.1. The predicted octanol–water partition coefficient (Wildman–Crippen LogP) is 5.72. The molecular formula is C27H32N4O2S. The van der Waals surface area contributed by atoms with Crippen molar-refractivity contribution in [1.82, 2.24) is 15.2 Å². The van der Waals surface area contributed by atoms with Crippen LogP contribution in [-0.4, -0.2) is 41.5 Å². The van der Waals surface area contributed by atoms with Gasteiger partial charge in [0, 0.05) is 30.9 Å². The van der Waals surface area contributed by atoms with E-state index in [0.29, 0.717) is 18.0 Å². The highest BCUT2D eigenvalue weighted by Gasteiger charge is 2.27. The molecule has 1 aromatic heterocycles. The lowest BCUT2D eigenvalue weighted by Gasteiger charge is -2.32. The van der Waals surface area contributed by atoms with Gasteiger partial charge in [0.2, 0.25) is 0 Å². The average Bonchev–Trinajstić information content (AvgIpc) is 3.20. The van der Waals surface area contributed by atoms with Crippen molar-refractivity contribution < 1.29 is 9.59 Å². The van der Waals surface area contributed by atoms with Gasteiger partial charge in [-0.05, 0) is 64.2 Å². The fraction of sp³-hybridized carbons (Fsp3) is 0.370. The summed E-state index contributed by atoms with van der Waals surface area (Å²) in [6, 6.07) is 13.8. The van der Waals surface area contributed by atoms with Gasteiger partial charge >= 0.3 is 6.03 Å². The van der Waals surface area contributed by atoms with Gasteiger partial charge in [-0.25, -0.2) is 9.78 Å². The molecule has 0 bridgehead atoms. The third-order valence-corrected chi connectivity index (χ3v) is 7.45. The first-order chi connectivity index (χ1) is 16.3. The number of likely N-dealkylation sites (tertiary alicyclic amines) is 1. The topological polar surface area (TPSA) is 74.3 Å². The van der Waals surface area contributed by atoms with E-state index in [-0.39, 0.29) is 17.9 Å². The minimum Gasteiger partial charge on any atom is -0.338 e. The number of rotatable bonds is 5. The normalized spacial score (nSPS) is 15.8. The number of anilines is 1. The molecule has 0 radical (unpaired) electrons. The Balaban J connectivity index is 1.36. The number of nitrogens with zero attached hydrogens (tertiary/aromatic N) is 2. The van der Waals surface area contributed by atoms with Gasteiger partial charge in [0.25, 0.3) is 5.91 Å². The van der Waals surface area contributed by atoms with Crippen molar-refractivity contribution in [3.63, 3.8) is 0 Å². The summed E-state index contributed by atoms with van der Waals surface area (Å²) >= 11 is 1.47. The Hall–Kier alpha value is -3.19. The van der Waals surface area contributed by atoms with Crippen LogP contribution in [0.1, 0.15) is 44.9 Å². The van der Waals surface area contributed by atoms with Gasteiger partial charge in [-0.2, -0.15) is 0 Å². The number of carbonyl (C=O) groups excluding carboxylic acids is 2. The molecule has 34 heavy (non-hydrogen) atoms. The van der Waals surface area contributed by atoms with Crippen molar-refractivity contribution in [2.45, 2.75) is 40.5 Å². The molecule has 0 saturated carbocycles. The summed E-state index contributed by atoms with van der Waals surface area (Å²) in [5, 5.41) is 6.72. The molecule has 2 aromatic carbocycles. The summed E-state index contributed by atoms with van der Waals surface area (Å²) in [6.07, 6.45) is 1.92. The van der Waals surface area contributed by atoms with E-state index in [9.17, 15) is 9.59 Å². The van der Waals surface area contributed by atoms with Crippen LogP contribution in [0.2, 0.25) is 0 Å². The lowest BCUT2D eigenvalue weighted by atomic mass is 9.98. The second-order valence-corrected chi connectivity index (χ2v) is 10.2. The van der Waals surface area contributed by atoms with Gasteiger partial charge in [-0.3, -0.25) is 4.79 Å². The zero-order valence-electron chi connectivity index (χ0n) is 20.3. The fourth-order valence-electron chi connectivity index (χ4n) is 4.37. The van der Waals surface area contributed by atoms with E-state index in [4.69, 9.17) is 4.98 Å². The van der Waals surface area contributed by atoms with Crippen molar-refractivity contribution in [2.24, 2.45) is 5.92 Å². The molecule has 1 atom stereocenters. The minimum atomic E-state index is -0.219. The maximum Gasteiger partial charge on any atom is 0.319 e. The number of hydrogen-bond donors (Lipinski definition) is 2. The molecular weight excluding hydrogens is 444 g/mol. The standard InChI is InChI=1S/C27H32N4O2S/c1-17-7-10-22(11-8-17)30-27(33)28-15-21-6-5-13-31(16-21)26(32)24-20(4)29-25(34-24)23-12-9-18(2)14-19(23)3/h7-12,14,21H,5-6,13,15-16H2,1-4H3,(H2,28,30,33). The Bertz CT molecular complexity index is 1190. The third-order valence-electron chi connectivity index (χ3n) is 6.27. The number of aromatic nitrogens is 1. The summed E-state index contributed by atoms with van der Waals surface area (Å²) in [5.74, 6) is 0.272. The van der Waals surface area contributed by atoms with Crippen molar-refractivity contribution >= 4 is 29.0 Å². The van der Waals surface area contributed by atoms with Crippen molar-refractivity contribution in [1.29, 1.82) is 0 Å². The van der Waals surface area contributed by atoms with Crippen LogP contribution in [0.4, 0.5) is 10.5 Å². The number of nitrogens with one attached hydrogen (secondary N) is 2. The summed E-state index contributed by atoms with van der Waals surface area (Å²) in [7, 11) is 0. The van der Waals surface area contributed by atoms with Crippen LogP contribution < -0.4 is 10.6 Å². The number of piperidine rings is 1. The smallest absolute Gasteiger partial charge is 0.319 e. The fourth-order valence-corrected chi connectivity index (χ4v) is 5.50. The number of urea groups is 1. The maximum absolute atomic E-state index is 13.4. The van der Waals surface area contributed by atoms with Gasteiger partial charge in [-0.1, -0.05) is 41.5 Å². The summed E-state index contributed by atoms with van der Waals surface area (Å²) in [6.45, 7) is 10.00. The SMILES string of the molecule is Cc1ccc(NC(=O)NCC2CCCN(C(=O)c3sc(-c4ccc(C)cc4C)nc3C)C2)cc1. The summed E-state index contributed by atoms with van der Waals surface area (Å²) in [4.78, 5) is 33.0. The lowest BCUT2D eigenvalue weighted by Crippen LogP contribution is -2.44. The van der Waals surface area contributed by atoms with Crippen molar-refractivity contribution in [3.8, 4) is 10.6 Å². The number of aryl methyl sites for hydroxylation is 4. The molecule has 178 valence electrons. The minimum absolute atomic E-state index is 0.0415. The van der Waals surface area contributed by atoms with Crippen LogP contribution >= 0.6 is 11.3 Å². The van der Waals surface area contributed by atoms with Gasteiger partial charge in [0.1, 0.15) is 9.88 Å². The van der Waals surface area contributed by atoms with E-state index >= 15 is 0 Å². The molecule has 0 aliphatic carbocycles. The molecule has 6 nitrogen and oxygen atoms in total. The molecule has 1 aliphatic rings. The first-order valence-electron chi connectivity index (χ1n) is 11.8.